The first-order valence-electron chi connectivity index (χ1n) is 12.0. The van der Waals surface area contributed by atoms with Gasteiger partial charge in [0.1, 0.15) is 12.2 Å². The van der Waals surface area contributed by atoms with Crippen LogP contribution in [0.15, 0.2) is 67.1 Å². The molecule has 3 aromatic heterocycles. The molecule has 0 radical (unpaired) electrons. The van der Waals surface area contributed by atoms with Gasteiger partial charge in [0, 0.05) is 23.2 Å². The molecule has 3 heterocycles. The molecule has 186 valence electrons. The predicted octanol–water partition coefficient (Wildman–Crippen LogP) is 5.65. The van der Waals surface area contributed by atoms with E-state index in [1.165, 1.54) is 0 Å². The van der Waals surface area contributed by atoms with Gasteiger partial charge in [0.05, 0.1) is 33.0 Å². The van der Waals surface area contributed by atoms with Crippen LogP contribution in [0.25, 0.3) is 11.2 Å². The maximum absolute atomic E-state index is 13.7. The number of carbonyl (C=O) groups is 1. The molecule has 37 heavy (non-hydrogen) atoms. The molecule has 0 spiro atoms. The van der Waals surface area contributed by atoms with Gasteiger partial charge in [0.2, 0.25) is 0 Å². The molecule has 0 aliphatic heterocycles. The number of fused-ring (bicyclic) bond motifs is 3. The van der Waals surface area contributed by atoms with E-state index in [0.29, 0.717) is 34.3 Å². The van der Waals surface area contributed by atoms with Gasteiger partial charge >= 0.3 is 0 Å². The first kappa shape index (κ1) is 23.7. The van der Waals surface area contributed by atoms with E-state index in [4.69, 9.17) is 28.3 Å². The van der Waals surface area contributed by atoms with Crippen molar-refractivity contribution in [1.82, 2.24) is 29.7 Å². The van der Waals surface area contributed by atoms with E-state index < -0.39 is 5.54 Å². The molecular weight excluding hydrogens is 507 g/mol. The van der Waals surface area contributed by atoms with Crippen LogP contribution in [0.1, 0.15) is 45.0 Å². The molecule has 1 unspecified atom stereocenters. The van der Waals surface area contributed by atoms with Gasteiger partial charge in [-0.1, -0.05) is 41.4 Å². The quantitative estimate of drug-likeness (QED) is 0.325. The van der Waals surface area contributed by atoms with E-state index in [9.17, 15) is 4.79 Å². The zero-order valence-electron chi connectivity index (χ0n) is 20.4. The van der Waals surface area contributed by atoms with Crippen molar-refractivity contribution in [1.29, 1.82) is 0 Å². The van der Waals surface area contributed by atoms with Gasteiger partial charge in [-0.3, -0.25) is 4.79 Å². The van der Waals surface area contributed by atoms with Crippen molar-refractivity contribution in [2.45, 2.75) is 38.6 Å². The normalized spacial score (nSPS) is 17.1. The van der Waals surface area contributed by atoms with Gasteiger partial charge in [-0.2, -0.15) is 10.2 Å². The van der Waals surface area contributed by atoms with Crippen molar-refractivity contribution >= 4 is 34.6 Å². The van der Waals surface area contributed by atoms with Gasteiger partial charge in [-0.15, -0.1) is 0 Å². The Balaban J connectivity index is 1.39. The van der Waals surface area contributed by atoms with Gasteiger partial charge in [-0.25, -0.2) is 14.2 Å². The molecule has 1 aliphatic rings. The second kappa shape index (κ2) is 9.01. The molecule has 0 saturated carbocycles. The molecule has 9 heteroatoms. The number of halogens is 2. The predicted molar refractivity (Wildman–Crippen MR) is 144 cm³/mol. The molecular formula is C28H24Cl2N6O. The lowest BCUT2D eigenvalue weighted by molar-refractivity contribution is 0.0886. The standard InChI is InChI=1S/C28H24Cl2N6O/c1-17-6-9-26-23-14-28(19-4-3-5-20(29)12-19,11-10-25(23)34-35(26)15-17)32-27(37)22-8-7-21(13-24(22)30)36-16-31-18(2)33-36/h3-9,12-13,15-16H,10-11,14H2,1-2H3,(H,32,37). The summed E-state index contributed by atoms with van der Waals surface area (Å²) in [6, 6.07) is 17.2. The summed E-state index contributed by atoms with van der Waals surface area (Å²) >= 11 is 13.0. The minimum absolute atomic E-state index is 0.248. The van der Waals surface area contributed by atoms with Crippen LogP contribution in [0, 0.1) is 13.8 Å². The van der Waals surface area contributed by atoms with Crippen molar-refractivity contribution in [3.8, 4) is 5.69 Å². The number of amides is 1. The molecule has 0 saturated heterocycles. The fourth-order valence-corrected chi connectivity index (χ4v) is 5.62. The lowest BCUT2D eigenvalue weighted by Gasteiger charge is -2.38. The molecule has 5 aromatic rings. The maximum atomic E-state index is 13.7. The summed E-state index contributed by atoms with van der Waals surface area (Å²) < 4.78 is 3.57. The van der Waals surface area contributed by atoms with Gasteiger partial charge in [-0.05, 0) is 74.2 Å². The monoisotopic (exact) mass is 530 g/mol. The average Bonchev–Trinajstić information content (AvgIpc) is 3.46. The molecule has 0 bridgehead atoms. The molecule has 7 nitrogen and oxygen atoms in total. The Morgan fingerprint density at radius 2 is 1.92 bits per heavy atom. The van der Waals surface area contributed by atoms with E-state index in [1.807, 2.05) is 48.0 Å². The third-order valence-corrected chi connectivity index (χ3v) is 7.58. The van der Waals surface area contributed by atoms with Crippen molar-refractivity contribution in [3.63, 3.8) is 0 Å². The largest absolute Gasteiger partial charge is 0.342 e. The van der Waals surface area contributed by atoms with Gasteiger partial charge < -0.3 is 5.32 Å². The number of aryl methyl sites for hydroxylation is 3. The van der Waals surface area contributed by atoms with E-state index in [-0.39, 0.29) is 5.91 Å². The summed E-state index contributed by atoms with van der Waals surface area (Å²) in [5.41, 5.74) is 5.79. The van der Waals surface area contributed by atoms with Crippen LogP contribution in [0.4, 0.5) is 0 Å². The lowest BCUT2D eigenvalue weighted by atomic mass is 9.75. The van der Waals surface area contributed by atoms with Crippen molar-refractivity contribution in [2.24, 2.45) is 0 Å². The highest BCUT2D eigenvalue weighted by molar-refractivity contribution is 6.34. The van der Waals surface area contributed by atoms with Crippen LogP contribution in [-0.2, 0) is 18.4 Å². The number of hydrogen-bond donors (Lipinski definition) is 1. The molecule has 1 N–H and O–H groups in total. The van der Waals surface area contributed by atoms with Crippen LogP contribution in [-0.4, -0.2) is 30.3 Å². The average molecular weight is 531 g/mol. The number of hydrogen-bond acceptors (Lipinski definition) is 4. The highest BCUT2D eigenvalue weighted by Gasteiger charge is 2.40. The summed E-state index contributed by atoms with van der Waals surface area (Å²) in [6.45, 7) is 3.87. The van der Waals surface area contributed by atoms with Crippen LogP contribution >= 0.6 is 23.2 Å². The van der Waals surface area contributed by atoms with Crippen molar-refractivity contribution < 1.29 is 4.79 Å². The lowest BCUT2D eigenvalue weighted by Crippen LogP contribution is -2.49. The number of nitrogens with zero attached hydrogens (tertiary/aromatic N) is 5. The molecule has 0 fully saturated rings. The number of aromatic nitrogens is 5. The van der Waals surface area contributed by atoms with E-state index in [2.05, 4.69) is 34.5 Å². The van der Waals surface area contributed by atoms with Crippen LogP contribution in [0.5, 0.6) is 0 Å². The molecule has 1 aliphatic carbocycles. The van der Waals surface area contributed by atoms with Gasteiger partial charge in [0.25, 0.3) is 5.91 Å². The topological polar surface area (TPSA) is 77.1 Å². The Bertz CT molecular complexity index is 1670. The number of carbonyl (C=O) groups excluding carboxylic acids is 1. The minimum atomic E-state index is -0.672. The zero-order chi connectivity index (χ0) is 25.7. The molecule has 1 atom stereocenters. The smallest absolute Gasteiger partial charge is 0.253 e. The second-order valence-electron chi connectivity index (χ2n) is 9.59. The summed E-state index contributed by atoms with van der Waals surface area (Å²) in [5, 5.41) is 13.5. The summed E-state index contributed by atoms with van der Waals surface area (Å²) in [4.78, 5) is 17.9. The summed E-state index contributed by atoms with van der Waals surface area (Å²) in [7, 11) is 0. The van der Waals surface area contributed by atoms with Crippen LogP contribution in [0.3, 0.4) is 0 Å². The number of pyridine rings is 1. The Kier molecular flexibility index (Phi) is 5.77. The van der Waals surface area contributed by atoms with Crippen molar-refractivity contribution in [2.75, 3.05) is 0 Å². The van der Waals surface area contributed by atoms with E-state index in [0.717, 1.165) is 40.0 Å². The molecule has 2 aromatic carbocycles. The second-order valence-corrected chi connectivity index (χ2v) is 10.4. The minimum Gasteiger partial charge on any atom is -0.342 e. The fraction of sp³-hybridized carbons (Fsp3) is 0.214. The van der Waals surface area contributed by atoms with E-state index in [1.54, 1.807) is 23.1 Å². The third-order valence-electron chi connectivity index (χ3n) is 7.03. The van der Waals surface area contributed by atoms with Crippen LogP contribution < -0.4 is 5.32 Å². The Morgan fingerprint density at radius 3 is 2.68 bits per heavy atom. The molecule has 6 rings (SSSR count). The Hall–Kier alpha value is -3.68. The number of rotatable bonds is 4. The maximum Gasteiger partial charge on any atom is 0.253 e. The Morgan fingerprint density at radius 1 is 1.05 bits per heavy atom. The van der Waals surface area contributed by atoms with Gasteiger partial charge in [0.15, 0.2) is 0 Å². The van der Waals surface area contributed by atoms with Crippen molar-refractivity contribution in [3.05, 3.63) is 111 Å². The zero-order valence-corrected chi connectivity index (χ0v) is 21.9. The highest BCUT2D eigenvalue weighted by Crippen LogP contribution is 2.39. The number of benzene rings is 2. The Labute approximate surface area is 224 Å². The fourth-order valence-electron chi connectivity index (χ4n) is 5.16. The highest BCUT2D eigenvalue weighted by atomic mass is 35.5. The SMILES string of the molecule is Cc1ccc2c3c(nn2c1)CCC(NC(=O)c1ccc(-n2cnc(C)n2)cc1Cl)(c1cccc(Cl)c1)C3. The first-order valence-corrected chi connectivity index (χ1v) is 12.8. The summed E-state index contributed by atoms with van der Waals surface area (Å²) in [5.74, 6) is 0.406. The third kappa shape index (κ3) is 4.28. The molecule has 1 amide bonds. The van der Waals surface area contributed by atoms with E-state index >= 15 is 0 Å². The first-order chi connectivity index (χ1) is 17.8. The van der Waals surface area contributed by atoms with Crippen LogP contribution in [0.2, 0.25) is 10.0 Å². The summed E-state index contributed by atoms with van der Waals surface area (Å²) in [6.07, 6.45) is 5.65. The number of nitrogens with one attached hydrogen (secondary N) is 1.